The van der Waals surface area contributed by atoms with Gasteiger partial charge in [0.2, 0.25) is 0 Å². The maximum Gasteiger partial charge on any atom is 0.416 e. The molecule has 0 amide bonds. The molecule has 1 aromatic rings. The first kappa shape index (κ1) is 11.6. The summed E-state index contributed by atoms with van der Waals surface area (Å²) in [7, 11) is -1.29. The Labute approximate surface area is 94.1 Å². The molecule has 1 unspecified atom stereocenters. The molecule has 0 heterocycles. The third-order valence-corrected chi connectivity index (χ3v) is 4.54. The second kappa shape index (κ2) is 4.20. The van der Waals surface area contributed by atoms with Crippen LogP contribution in [0.25, 0.3) is 0 Å². The van der Waals surface area contributed by atoms with Crippen molar-refractivity contribution in [3.8, 4) is 0 Å². The number of rotatable bonds is 2. The summed E-state index contributed by atoms with van der Waals surface area (Å²) in [4.78, 5) is 0.291. The van der Waals surface area contributed by atoms with E-state index in [0.29, 0.717) is 4.90 Å². The van der Waals surface area contributed by atoms with Crippen LogP contribution in [0.5, 0.6) is 0 Å². The lowest BCUT2D eigenvalue weighted by Gasteiger charge is -2.24. The van der Waals surface area contributed by atoms with Crippen molar-refractivity contribution in [3.05, 3.63) is 29.8 Å². The van der Waals surface area contributed by atoms with Crippen molar-refractivity contribution in [2.24, 2.45) is 0 Å². The lowest BCUT2D eigenvalue weighted by Crippen LogP contribution is -2.23. The van der Waals surface area contributed by atoms with Crippen LogP contribution in [0, 0.1) is 0 Å². The first-order chi connectivity index (χ1) is 7.48. The quantitative estimate of drug-likeness (QED) is 0.784. The van der Waals surface area contributed by atoms with E-state index in [0.717, 1.165) is 31.4 Å². The van der Waals surface area contributed by atoms with Crippen LogP contribution >= 0.6 is 0 Å². The van der Waals surface area contributed by atoms with Crippen molar-refractivity contribution < 1.29 is 17.4 Å². The minimum absolute atomic E-state index is 0.0449. The Bertz CT molecular complexity index is 410. The van der Waals surface area contributed by atoms with Crippen molar-refractivity contribution in [2.45, 2.75) is 35.6 Å². The van der Waals surface area contributed by atoms with E-state index in [1.165, 1.54) is 12.1 Å². The second-order valence-electron chi connectivity index (χ2n) is 3.88. The third kappa shape index (κ3) is 2.29. The number of hydrogen-bond donors (Lipinski definition) is 0. The summed E-state index contributed by atoms with van der Waals surface area (Å²) in [5.41, 5.74) is -0.724. The number of halogens is 3. The third-order valence-electron chi connectivity index (χ3n) is 2.75. The normalized spacial score (nSPS) is 19.2. The molecule has 0 N–H and O–H groups in total. The van der Waals surface area contributed by atoms with E-state index in [1.807, 2.05) is 0 Å². The molecule has 1 fully saturated rings. The fourth-order valence-corrected chi connectivity index (χ4v) is 3.18. The molecule has 0 saturated heterocycles. The van der Waals surface area contributed by atoms with Gasteiger partial charge >= 0.3 is 6.18 Å². The fourth-order valence-electron chi connectivity index (χ4n) is 1.57. The number of benzene rings is 1. The van der Waals surface area contributed by atoms with Gasteiger partial charge in [0, 0.05) is 10.1 Å². The van der Waals surface area contributed by atoms with Gasteiger partial charge in [0.05, 0.1) is 16.4 Å². The van der Waals surface area contributed by atoms with Gasteiger partial charge in [-0.05, 0) is 31.0 Å². The predicted molar refractivity (Wildman–Crippen MR) is 55.5 cm³/mol. The van der Waals surface area contributed by atoms with E-state index in [-0.39, 0.29) is 5.25 Å². The highest BCUT2D eigenvalue weighted by Crippen LogP contribution is 2.32. The lowest BCUT2D eigenvalue weighted by atomic mass is 10.00. The summed E-state index contributed by atoms with van der Waals surface area (Å²) in [6.07, 6.45) is -1.64. The molecule has 1 saturated carbocycles. The fraction of sp³-hybridized carbons (Fsp3) is 0.455. The maximum atomic E-state index is 12.4. The topological polar surface area (TPSA) is 17.1 Å². The Hall–Kier alpha value is -0.840. The van der Waals surface area contributed by atoms with Crippen LogP contribution in [0.4, 0.5) is 13.2 Å². The van der Waals surface area contributed by atoms with E-state index in [2.05, 4.69) is 0 Å². The number of alkyl halides is 3. The van der Waals surface area contributed by atoms with Gasteiger partial charge in [-0.2, -0.15) is 13.2 Å². The minimum atomic E-state index is -4.36. The SMILES string of the molecule is O=S(c1cccc(C(F)(F)F)c1)C1CCC1. The number of hydrogen-bond acceptors (Lipinski definition) is 1. The monoisotopic (exact) mass is 248 g/mol. The van der Waals surface area contributed by atoms with Gasteiger partial charge in [0.15, 0.2) is 0 Å². The van der Waals surface area contributed by atoms with Gasteiger partial charge in [-0.1, -0.05) is 12.5 Å². The zero-order valence-corrected chi connectivity index (χ0v) is 9.27. The van der Waals surface area contributed by atoms with Crippen LogP contribution in [0.2, 0.25) is 0 Å². The zero-order valence-electron chi connectivity index (χ0n) is 8.46. The summed E-state index contributed by atoms with van der Waals surface area (Å²) >= 11 is 0. The molecule has 0 aliphatic heterocycles. The maximum absolute atomic E-state index is 12.4. The van der Waals surface area contributed by atoms with Gasteiger partial charge in [-0.15, -0.1) is 0 Å². The summed E-state index contributed by atoms with van der Waals surface area (Å²) in [5, 5.41) is 0.0449. The van der Waals surface area contributed by atoms with E-state index in [1.54, 1.807) is 0 Å². The van der Waals surface area contributed by atoms with Gasteiger partial charge in [0.1, 0.15) is 0 Å². The molecular weight excluding hydrogens is 237 g/mol. The first-order valence-electron chi connectivity index (χ1n) is 5.06. The van der Waals surface area contributed by atoms with Crippen LogP contribution < -0.4 is 0 Å². The second-order valence-corrected chi connectivity index (χ2v) is 5.61. The molecule has 1 aliphatic rings. The van der Waals surface area contributed by atoms with Crippen LogP contribution in [0.3, 0.4) is 0 Å². The Morgan fingerprint density at radius 2 is 1.94 bits per heavy atom. The van der Waals surface area contributed by atoms with Gasteiger partial charge in [-0.25, -0.2) is 0 Å². The minimum Gasteiger partial charge on any atom is -0.254 e. The molecule has 0 radical (unpaired) electrons. The van der Waals surface area contributed by atoms with E-state index >= 15 is 0 Å². The van der Waals surface area contributed by atoms with E-state index in [4.69, 9.17) is 0 Å². The molecule has 0 spiro atoms. The molecule has 2 rings (SSSR count). The van der Waals surface area contributed by atoms with Crippen LogP contribution in [0.1, 0.15) is 24.8 Å². The molecule has 1 atom stereocenters. The Kier molecular flexibility index (Phi) is 3.06. The Morgan fingerprint density at radius 1 is 1.25 bits per heavy atom. The highest BCUT2D eigenvalue weighted by molar-refractivity contribution is 7.85. The summed E-state index contributed by atoms with van der Waals surface area (Å²) in [5.74, 6) is 0. The van der Waals surface area contributed by atoms with E-state index in [9.17, 15) is 17.4 Å². The molecule has 88 valence electrons. The zero-order chi connectivity index (χ0) is 11.8. The van der Waals surface area contributed by atoms with Crippen LogP contribution in [-0.2, 0) is 17.0 Å². The van der Waals surface area contributed by atoms with Crippen molar-refractivity contribution in [1.29, 1.82) is 0 Å². The van der Waals surface area contributed by atoms with E-state index < -0.39 is 22.5 Å². The van der Waals surface area contributed by atoms with Crippen molar-refractivity contribution in [2.75, 3.05) is 0 Å². The largest absolute Gasteiger partial charge is 0.416 e. The predicted octanol–water partition coefficient (Wildman–Crippen LogP) is 3.37. The highest BCUT2D eigenvalue weighted by atomic mass is 32.2. The highest BCUT2D eigenvalue weighted by Gasteiger charge is 2.32. The standard InChI is InChI=1S/C11H11F3OS/c12-11(13,14)8-3-1-6-10(7-8)16(15)9-4-2-5-9/h1,3,6-7,9H,2,4-5H2. The van der Waals surface area contributed by atoms with Crippen molar-refractivity contribution in [3.63, 3.8) is 0 Å². The Morgan fingerprint density at radius 3 is 2.44 bits per heavy atom. The lowest BCUT2D eigenvalue weighted by molar-refractivity contribution is -0.137. The summed E-state index contributed by atoms with van der Waals surface area (Å²) in [6.45, 7) is 0. The molecule has 1 nitrogen and oxygen atoms in total. The molecule has 5 heteroatoms. The smallest absolute Gasteiger partial charge is 0.254 e. The van der Waals surface area contributed by atoms with Gasteiger partial charge in [0.25, 0.3) is 0 Å². The molecule has 1 aliphatic carbocycles. The summed E-state index contributed by atoms with van der Waals surface area (Å²) < 4.78 is 49.1. The van der Waals surface area contributed by atoms with Crippen molar-refractivity contribution in [1.82, 2.24) is 0 Å². The molecule has 1 aromatic carbocycles. The Balaban J connectivity index is 2.25. The average Bonchev–Trinajstić information content (AvgIpc) is 2.14. The molecular formula is C11H11F3OS. The van der Waals surface area contributed by atoms with Crippen LogP contribution in [0.15, 0.2) is 29.2 Å². The van der Waals surface area contributed by atoms with Crippen molar-refractivity contribution >= 4 is 10.8 Å². The molecule has 16 heavy (non-hydrogen) atoms. The first-order valence-corrected chi connectivity index (χ1v) is 6.27. The summed E-state index contributed by atoms with van der Waals surface area (Å²) in [6, 6.07) is 4.81. The molecule has 0 bridgehead atoms. The van der Waals surface area contributed by atoms with Crippen LogP contribution in [-0.4, -0.2) is 9.46 Å². The molecule has 0 aromatic heterocycles. The van der Waals surface area contributed by atoms with Gasteiger partial charge < -0.3 is 0 Å². The average molecular weight is 248 g/mol. The van der Waals surface area contributed by atoms with Gasteiger partial charge in [-0.3, -0.25) is 4.21 Å².